The topological polar surface area (TPSA) is 20.3 Å². The molecular weight excluding hydrogens is 229 g/mol. The summed E-state index contributed by atoms with van der Waals surface area (Å²) in [7, 11) is 1.66. The molecule has 0 aliphatic carbocycles. The Morgan fingerprint density at radius 3 is 2.69 bits per heavy atom. The van der Waals surface area contributed by atoms with Gasteiger partial charge in [0.1, 0.15) is 5.82 Å². The van der Waals surface area contributed by atoms with Crippen molar-refractivity contribution < 1.29 is 9.18 Å². The number of hydrogen-bond donors (Lipinski definition) is 0. The highest BCUT2D eigenvalue weighted by Gasteiger charge is 2.18. The van der Waals surface area contributed by atoms with Crippen LogP contribution < -0.4 is 0 Å². The van der Waals surface area contributed by atoms with E-state index in [1.165, 1.54) is 11.0 Å². The summed E-state index contributed by atoms with van der Waals surface area (Å²) < 4.78 is 13.5. The first kappa shape index (κ1) is 13.0. The molecule has 0 fully saturated rings. The third kappa shape index (κ3) is 2.95. The van der Waals surface area contributed by atoms with Gasteiger partial charge in [-0.3, -0.25) is 4.79 Å². The van der Waals surface area contributed by atoms with Gasteiger partial charge in [0.25, 0.3) is 0 Å². The molecule has 1 aromatic carbocycles. The highest BCUT2D eigenvalue weighted by atomic mass is 35.5. The van der Waals surface area contributed by atoms with Gasteiger partial charge in [0, 0.05) is 24.9 Å². The first-order valence-corrected chi connectivity index (χ1v) is 5.67. The average molecular weight is 244 g/mol. The fourth-order valence-electron chi connectivity index (χ4n) is 1.50. The molecule has 4 heteroatoms. The number of hydrogen-bond acceptors (Lipinski definition) is 1. The molecule has 0 spiro atoms. The van der Waals surface area contributed by atoms with E-state index < -0.39 is 0 Å². The molecule has 1 amide bonds. The molecule has 0 saturated heterocycles. The van der Waals surface area contributed by atoms with Crippen LogP contribution in [0, 0.1) is 5.82 Å². The maximum Gasteiger partial charge on any atom is 0.224 e. The Bertz CT molecular complexity index is 370. The van der Waals surface area contributed by atoms with E-state index in [4.69, 9.17) is 11.6 Å². The average Bonchev–Trinajstić information content (AvgIpc) is 2.28. The van der Waals surface area contributed by atoms with Gasteiger partial charge in [0.2, 0.25) is 5.91 Å². The van der Waals surface area contributed by atoms with E-state index in [0.717, 1.165) is 0 Å². The molecular formula is C12H15ClFNO. The predicted molar refractivity (Wildman–Crippen MR) is 62.9 cm³/mol. The molecule has 0 saturated carbocycles. The number of carbonyl (C=O) groups is 1. The van der Waals surface area contributed by atoms with Crippen molar-refractivity contribution in [1.29, 1.82) is 0 Å². The highest BCUT2D eigenvalue weighted by molar-refractivity contribution is 6.18. The molecule has 1 unspecified atom stereocenters. The van der Waals surface area contributed by atoms with E-state index in [1.807, 2.05) is 0 Å². The van der Waals surface area contributed by atoms with Crippen molar-refractivity contribution in [3.63, 3.8) is 0 Å². The van der Waals surface area contributed by atoms with E-state index in [0.29, 0.717) is 5.56 Å². The molecule has 0 aliphatic heterocycles. The largest absolute Gasteiger partial charge is 0.339 e. The van der Waals surface area contributed by atoms with Crippen molar-refractivity contribution in [3.05, 3.63) is 35.6 Å². The maximum absolute atomic E-state index is 13.5. The number of carbonyl (C=O) groups excluding carboxylic acids is 1. The molecule has 16 heavy (non-hydrogen) atoms. The van der Waals surface area contributed by atoms with Crippen LogP contribution in [0.2, 0.25) is 0 Å². The quantitative estimate of drug-likeness (QED) is 0.745. The number of amides is 1. The van der Waals surface area contributed by atoms with Crippen LogP contribution in [0.5, 0.6) is 0 Å². The van der Waals surface area contributed by atoms with E-state index >= 15 is 0 Å². The van der Waals surface area contributed by atoms with Crippen molar-refractivity contribution in [3.8, 4) is 0 Å². The van der Waals surface area contributed by atoms with E-state index in [1.54, 1.807) is 32.2 Å². The van der Waals surface area contributed by atoms with Crippen LogP contribution in [0.4, 0.5) is 4.39 Å². The SMILES string of the molecule is CC(c1ccccc1F)N(C)C(=O)CCCl. The molecule has 0 heterocycles. The van der Waals surface area contributed by atoms with Gasteiger partial charge in [-0.2, -0.15) is 0 Å². The van der Waals surface area contributed by atoms with Crippen molar-refractivity contribution >= 4 is 17.5 Å². The first-order valence-electron chi connectivity index (χ1n) is 5.14. The van der Waals surface area contributed by atoms with Crippen molar-refractivity contribution in [2.75, 3.05) is 12.9 Å². The van der Waals surface area contributed by atoms with Crippen molar-refractivity contribution in [2.45, 2.75) is 19.4 Å². The normalized spacial score (nSPS) is 12.2. The summed E-state index contributed by atoms with van der Waals surface area (Å²) in [5.74, 6) is -0.0843. The molecule has 0 bridgehead atoms. The zero-order valence-corrected chi connectivity index (χ0v) is 10.2. The molecule has 2 nitrogen and oxygen atoms in total. The van der Waals surface area contributed by atoms with E-state index in [9.17, 15) is 9.18 Å². The molecule has 0 N–H and O–H groups in total. The van der Waals surface area contributed by atoms with Gasteiger partial charge in [0.05, 0.1) is 6.04 Å². The Hall–Kier alpha value is -1.09. The lowest BCUT2D eigenvalue weighted by Crippen LogP contribution is -2.30. The number of halogens is 2. The third-order valence-corrected chi connectivity index (χ3v) is 2.83. The van der Waals surface area contributed by atoms with Gasteiger partial charge in [-0.1, -0.05) is 18.2 Å². The number of alkyl halides is 1. The Labute approximate surface area is 100 Å². The van der Waals surface area contributed by atoms with E-state index in [-0.39, 0.29) is 30.1 Å². The lowest BCUT2D eigenvalue weighted by molar-refractivity contribution is -0.131. The predicted octanol–water partition coefficient (Wildman–Crippen LogP) is 2.97. The molecule has 1 rings (SSSR count). The molecule has 0 radical (unpaired) electrons. The Balaban J connectivity index is 2.82. The number of nitrogens with zero attached hydrogens (tertiary/aromatic N) is 1. The summed E-state index contributed by atoms with van der Waals surface area (Å²) in [6.07, 6.45) is 0.275. The zero-order chi connectivity index (χ0) is 12.1. The summed E-state index contributed by atoms with van der Waals surface area (Å²) in [6.45, 7) is 1.80. The van der Waals surface area contributed by atoms with Crippen LogP contribution in [0.15, 0.2) is 24.3 Å². The van der Waals surface area contributed by atoms with Crippen LogP contribution >= 0.6 is 11.6 Å². The van der Waals surface area contributed by atoms with Gasteiger partial charge in [0.15, 0.2) is 0 Å². The smallest absolute Gasteiger partial charge is 0.224 e. The summed E-state index contributed by atoms with van der Waals surface area (Å²) in [5, 5.41) is 0. The Morgan fingerprint density at radius 2 is 2.12 bits per heavy atom. The van der Waals surface area contributed by atoms with Gasteiger partial charge in [-0.25, -0.2) is 4.39 Å². The van der Waals surface area contributed by atoms with Gasteiger partial charge < -0.3 is 4.90 Å². The molecule has 1 aromatic rings. The van der Waals surface area contributed by atoms with Crippen molar-refractivity contribution in [1.82, 2.24) is 4.90 Å². The Morgan fingerprint density at radius 1 is 1.50 bits per heavy atom. The third-order valence-electron chi connectivity index (χ3n) is 2.64. The maximum atomic E-state index is 13.5. The van der Waals surface area contributed by atoms with E-state index in [2.05, 4.69) is 0 Å². The first-order chi connectivity index (χ1) is 7.57. The standard InChI is InChI=1S/C12H15ClFNO/c1-9(15(2)12(16)7-8-13)10-5-3-4-6-11(10)14/h3-6,9H,7-8H2,1-2H3. The second-order valence-electron chi connectivity index (χ2n) is 3.64. The fourth-order valence-corrected chi connectivity index (χ4v) is 1.66. The summed E-state index contributed by atoms with van der Waals surface area (Å²) >= 11 is 5.50. The van der Waals surface area contributed by atoms with Gasteiger partial charge in [-0.15, -0.1) is 11.6 Å². The lowest BCUT2D eigenvalue weighted by Gasteiger charge is -2.25. The minimum Gasteiger partial charge on any atom is -0.339 e. The van der Waals surface area contributed by atoms with Gasteiger partial charge in [-0.05, 0) is 13.0 Å². The second kappa shape index (κ2) is 5.85. The fraction of sp³-hybridized carbons (Fsp3) is 0.417. The highest BCUT2D eigenvalue weighted by Crippen LogP contribution is 2.21. The monoisotopic (exact) mass is 243 g/mol. The van der Waals surface area contributed by atoms with Crippen LogP contribution in [-0.2, 0) is 4.79 Å². The minimum atomic E-state index is -0.291. The zero-order valence-electron chi connectivity index (χ0n) is 9.41. The molecule has 1 atom stereocenters. The van der Waals surface area contributed by atoms with Crippen LogP contribution in [0.25, 0.3) is 0 Å². The molecule has 0 aliphatic rings. The molecule has 88 valence electrons. The number of benzene rings is 1. The van der Waals surface area contributed by atoms with Gasteiger partial charge >= 0.3 is 0 Å². The Kier molecular flexibility index (Phi) is 4.74. The van der Waals surface area contributed by atoms with Crippen LogP contribution in [0.3, 0.4) is 0 Å². The summed E-state index contributed by atoms with van der Waals surface area (Å²) in [6, 6.07) is 6.19. The van der Waals surface area contributed by atoms with Crippen LogP contribution in [-0.4, -0.2) is 23.7 Å². The minimum absolute atomic E-state index is 0.0780. The summed E-state index contributed by atoms with van der Waals surface area (Å²) in [4.78, 5) is 13.1. The lowest BCUT2D eigenvalue weighted by atomic mass is 10.1. The second-order valence-corrected chi connectivity index (χ2v) is 4.02. The number of rotatable bonds is 4. The molecule has 0 aromatic heterocycles. The summed E-state index contributed by atoms with van der Waals surface area (Å²) in [5.41, 5.74) is 0.521. The van der Waals surface area contributed by atoms with Crippen molar-refractivity contribution in [2.24, 2.45) is 0 Å². The van der Waals surface area contributed by atoms with Crippen LogP contribution in [0.1, 0.15) is 24.9 Å².